The summed E-state index contributed by atoms with van der Waals surface area (Å²) in [6.45, 7) is 5.73. The van der Waals surface area contributed by atoms with Gasteiger partial charge >= 0.3 is 0 Å². The number of aliphatic hydroxyl groups is 2. The number of hydrogen-bond acceptors (Lipinski definition) is 5. The molecule has 5 heteroatoms. The van der Waals surface area contributed by atoms with Crippen LogP contribution in [0.5, 0.6) is 5.75 Å². The van der Waals surface area contributed by atoms with E-state index >= 15 is 0 Å². The van der Waals surface area contributed by atoms with Gasteiger partial charge in [-0.3, -0.25) is 0 Å². The third-order valence-corrected chi connectivity index (χ3v) is 6.94. The van der Waals surface area contributed by atoms with Crippen LogP contribution in [0.25, 0.3) is 0 Å². The maximum Gasteiger partial charge on any atom is 0.177 e. The van der Waals surface area contributed by atoms with Crippen molar-refractivity contribution in [2.75, 3.05) is 19.8 Å². The van der Waals surface area contributed by atoms with Gasteiger partial charge in [0.15, 0.2) is 5.79 Å². The second kappa shape index (κ2) is 7.68. The molecular weight excluding hydrogens is 356 g/mol. The van der Waals surface area contributed by atoms with Gasteiger partial charge in [0.2, 0.25) is 0 Å². The first kappa shape index (κ1) is 19.7. The summed E-state index contributed by atoms with van der Waals surface area (Å²) in [4.78, 5) is 0. The third-order valence-electron chi connectivity index (χ3n) is 6.94. The van der Waals surface area contributed by atoms with Gasteiger partial charge in [-0.1, -0.05) is 43.9 Å². The average molecular weight is 386 g/mol. The van der Waals surface area contributed by atoms with E-state index in [2.05, 4.69) is 25.7 Å². The summed E-state index contributed by atoms with van der Waals surface area (Å²) in [5.74, 6) is 6.52. The van der Waals surface area contributed by atoms with Gasteiger partial charge in [0.1, 0.15) is 18.5 Å². The minimum Gasteiger partial charge on any atom is -0.490 e. The molecule has 3 fully saturated rings. The smallest absolute Gasteiger partial charge is 0.177 e. The molecule has 1 saturated heterocycles. The van der Waals surface area contributed by atoms with Crippen molar-refractivity contribution in [3.63, 3.8) is 0 Å². The van der Waals surface area contributed by atoms with Gasteiger partial charge in [-0.15, -0.1) is 0 Å². The maximum atomic E-state index is 10.7. The van der Waals surface area contributed by atoms with Crippen LogP contribution in [0, 0.1) is 35.0 Å². The molecule has 1 heterocycles. The summed E-state index contributed by atoms with van der Waals surface area (Å²) in [5, 5.41) is 20.9. The zero-order chi connectivity index (χ0) is 19.8. The van der Waals surface area contributed by atoms with Crippen molar-refractivity contribution in [3.05, 3.63) is 30.3 Å². The molecule has 3 aliphatic rings. The lowest BCUT2D eigenvalue weighted by Crippen LogP contribution is -2.74. The second-order valence-corrected chi connectivity index (χ2v) is 8.38. The average Bonchev–Trinajstić information content (AvgIpc) is 3.23. The van der Waals surface area contributed by atoms with E-state index in [0.717, 1.165) is 12.8 Å². The summed E-state index contributed by atoms with van der Waals surface area (Å²) < 4.78 is 17.8. The van der Waals surface area contributed by atoms with Crippen LogP contribution >= 0.6 is 0 Å². The van der Waals surface area contributed by atoms with E-state index in [1.807, 2.05) is 30.3 Å². The molecule has 28 heavy (non-hydrogen) atoms. The fraction of sp³-hybridized carbons (Fsp3) is 0.652. The standard InChI is InChI=1S/C23H30O5/c1-3-19-21-18(10-9-16(24)15-26-17-7-5-4-6-8-17)20(25)11-12-22(21,2)23(19)27-13-14-28-23/h4-8,16,18-21,24-25H,3,11-15H2,1-2H3/t16-,18-,19?,20+,21-,22-/m0/s1. The van der Waals surface area contributed by atoms with Crippen LogP contribution in [0.2, 0.25) is 0 Å². The molecule has 0 radical (unpaired) electrons. The molecule has 1 aliphatic heterocycles. The van der Waals surface area contributed by atoms with Crippen LogP contribution in [-0.4, -0.2) is 48.0 Å². The zero-order valence-electron chi connectivity index (χ0n) is 16.6. The number of rotatable bonds is 4. The topological polar surface area (TPSA) is 68.2 Å². The quantitative estimate of drug-likeness (QED) is 0.779. The Morgan fingerprint density at radius 3 is 2.64 bits per heavy atom. The Balaban J connectivity index is 1.47. The zero-order valence-corrected chi connectivity index (χ0v) is 16.6. The molecule has 1 spiro atoms. The fourth-order valence-corrected chi connectivity index (χ4v) is 5.70. The fourth-order valence-electron chi connectivity index (χ4n) is 5.70. The highest BCUT2D eigenvalue weighted by molar-refractivity contribution is 5.25. The number of para-hydroxylation sites is 1. The first-order chi connectivity index (χ1) is 13.5. The highest BCUT2D eigenvalue weighted by atomic mass is 16.7. The van der Waals surface area contributed by atoms with Crippen molar-refractivity contribution >= 4 is 0 Å². The Bertz CT molecular complexity index is 732. The molecule has 2 N–H and O–H groups in total. The number of hydrogen-bond donors (Lipinski definition) is 2. The van der Waals surface area contributed by atoms with Gasteiger partial charge in [-0.25, -0.2) is 0 Å². The van der Waals surface area contributed by atoms with Crippen LogP contribution in [0.15, 0.2) is 30.3 Å². The SMILES string of the molecule is CCC1[C@@H]2[C@@H](C#C[C@H](O)COc3ccccc3)[C@H](O)CC[C@]2(C)C12OCCO2. The molecule has 2 aliphatic carbocycles. The number of ether oxygens (including phenoxy) is 3. The van der Waals surface area contributed by atoms with Gasteiger partial charge in [0.25, 0.3) is 0 Å². The van der Waals surface area contributed by atoms with E-state index in [4.69, 9.17) is 14.2 Å². The lowest BCUT2D eigenvalue weighted by molar-refractivity contribution is -0.384. The second-order valence-electron chi connectivity index (χ2n) is 8.38. The van der Waals surface area contributed by atoms with Crippen molar-refractivity contribution in [3.8, 4) is 17.6 Å². The first-order valence-electron chi connectivity index (χ1n) is 10.3. The molecule has 1 aromatic rings. The van der Waals surface area contributed by atoms with Crippen molar-refractivity contribution in [1.29, 1.82) is 0 Å². The Labute approximate surface area is 167 Å². The van der Waals surface area contributed by atoms with Crippen LogP contribution < -0.4 is 4.74 Å². The highest BCUT2D eigenvalue weighted by Crippen LogP contribution is 2.70. The molecule has 1 aromatic carbocycles. The predicted molar refractivity (Wildman–Crippen MR) is 104 cm³/mol. The van der Waals surface area contributed by atoms with Gasteiger partial charge in [0.05, 0.1) is 25.2 Å². The summed E-state index contributed by atoms with van der Waals surface area (Å²) in [6, 6.07) is 9.38. The molecule has 1 unspecified atom stereocenters. The van der Waals surface area contributed by atoms with Crippen LogP contribution in [0.3, 0.4) is 0 Å². The highest BCUT2D eigenvalue weighted by Gasteiger charge is 2.75. The molecule has 0 aromatic heterocycles. The van der Waals surface area contributed by atoms with E-state index < -0.39 is 18.0 Å². The summed E-state index contributed by atoms with van der Waals surface area (Å²) in [5.41, 5.74) is -0.145. The maximum absolute atomic E-state index is 10.7. The molecule has 6 atom stereocenters. The van der Waals surface area contributed by atoms with E-state index in [1.54, 1.807) is 0 Å². The minimum absolute atomic E-state index is 0.106. The molecule has 0 bridgehead atoms. The van der Waals surface area contributed by atoms with Crippen molar-refractivity contribution in [1.82, 2.24) is 0 Å². The monoisotopic (exact) mass is 386 g/mol. The lowest BCUT2D eigenvalue weighted by Gasteiger charge is -2.68. The number of fused-ring (bicyclic) bond motifs is 2. The normalized spacial score (nSPS) is 36.7. The van der Waals surface area contributed by atoms with Gasteiger partial charge in [-0.2, -0.15) is 0 Å². The van der Waals surface area contributed by atoms with E-state index in [0.29, 0.717) is 25.4 Å². The van der Waals surface area contributed by atoms with E-state index in [9.17, 15) is 10.2 Å². The summed E-state index contributed by atoms with van der Waals surface area (Å²) >= 11 is 0. The Morgan fingerprint density at radius 2 is 1.96 bits per heavy atom. The summed E-state index contributed by atoms with van der Waals surface area (Å²) in [6.07, 6.45) is 1.08. The molecule has 2 saturated carbocycles. The molecule has 152 valence electrons. The number of aliphatic hydroxyl groups excluding tert-OH is 2. The Hall–Kier alpha value is -1.58. The van der Waals surface area contributed by atoms with Gasteiger partial charge in [0, 0.05) is 11.3 Å². The van der Waals surface area contributed by atoms with Crippen LogP contribution in [0.1, 0.15) is 33.1 Å². The lowest BCUT2D eigenvalue weighted by atomic mass is 9.41. The minimum atomic E-state index is -0.895. The van der Waals surface area contributed by atoms with Crippen LogP contribution in [-0.2, 0) is 9.47 Å². The van der Waals surface area contributed by atoms with E-state index in [-0.39, 0.29) is 29.8 Å². The first-order valence-corrected chi connectivity index (χ1v) is 10.3. The molecule has 5 nitrogen and oxygen atoms in total. The van der Waals surface area contributed by atoms with Crippen molar-refractivity contribution < 1.29 is 24.4 Å². The Kier molecular flexibility index (Phi) is 5.41. The van der Waals surface area contributed by atoms with Crippen LogP contribution in [0.4, 0.5) is 0 Å². The predicted octanol–water partition coefficient (Wildman–Crippen LogP) is 2.61. The number of benzene rings is 1. The van der Waals surface area contributed by atoms with E-state index in [1.165, 1.54) is 0 Å². The third kappa shape index (κ3) is 3.04. The van der Waals surface area contributed by atoms with Crippen molar-refractivity contribution in [2.45, 2.75) is 51.1 Å². The molecule has 0 amide bonds. The van der Waals surface area contributed by atoms with Gasteiger partial charge in [-0.05, 0) is 37.3 Å². The van der Waals surface area contributed by atoms with Gasteiger partial charge < -0.3 is 24.4 Å². The Morgan fingerprint density at radius 1 is 1.25 bits per heavy atom. The molecule has 4 rings (SSSR count). The van der Waals surface area contributed by atoms with Crippen molar-refractivity contribution in [2.24, 2.45) is 23.2 Å². The largest absolute Gasteiger partial charge is 0.490 e. The molecular formula is C23H30O5. The summed E-state index contributed by atoms with van der Waals surface area (Å²) in [7, 11) is 0.